The Morgan fingerprint density at radius 2 is 2.35 bits per heavy atom. The number of rotatable bonds is 6. The molecule has 1 N–H and O–H groups in total. The first-order valence-electron chi connectivity index (χ1n) is 5.97. The molecule has 0 bridgehead atoms. The number of thiophene rings is 1. The molecule has 0 aliphatic rings. The molecule has 1 atom stereocenters. The second-order valence-corrected chi connectivity index (χ2v) is 4.64. The summed E-state index contributed by atoms with van der Waals surface area (Å²) < 4.78 is 1.96. The van der Waals surface area contributed by atoms with Gasteiger partial charge < -0.3 is 5.32 Å². The summed E-state index contributed by atoms with van der Waals surface area (Å²) in [5, 5.41) is 12.0. The van der Waals surface area contributed by atoms with Crippen LogP contribution in [0.15, 0.2) is 23.2 Å². The third-order valence-corrected chi connectivity index (χ3v) is 3.48. The van der Waals surface area contributed by atoms with E-state index in [0.29, 0.717) is 6.04 Å². The van der Waals surface area contributed by atoms with Crippen molar-refractivity contribution in [2.75, 3.05) is 6.54 Å². The van der Waals surface area contributed by atoms with Gasteiger partial charge in [-0.25, -0.2) is 4.98 Å². The molecule has 17 heavy (non-hydrogen) atoms. The zero-order valence-corrected chi connectivity index (χ0v) is 11.1. The molecular formula is C12H18N4S. The van der Waals surface area contributed by atoms with Crippen molar-refractivity contribution in [1.82, 2.24) is 20.1 Å². The first-order valence-corrected chi connectivity index (χ1v) is 6.91. The van der Waals surface area contributed by atoms with Gasteiger partial charge in [-0.1, -0.05) is 6.92 Å². The Kier molecular flexibility index (Phi) is 4.28. The summed E-state index contributed by atoms with van der Waals surface area (Å²) in [4.78, 5) is 4.33. The molecule has 2 heterocycles. The lowest BCUT2D eigenvalue weighted by atomic mass is 10.1. The largest absolute Gasteiger partial charge is 0.310 e. The minimum atomic E-state index is 0.334. The Morgan fingerprint density at radius 3 is 3.00 bits per heavy atom. The van der Waals surface area contributed by atoms with Gasteiger partial charge in [-0.3, -0.25) is 4.68 Å². The van der Waals surface area contributed by atoms with Gasteiger partial charge in [-0.05, 0) is 35.9 Å². The average Bonchev–Trinajstić information content (AvgIpc) is 2.99. The number of hydrogen-bond acceptors (Lipinski definition) is 4. The molecule has 1 unspecified atom stereocenters. The SMILES string of the molecule is CCNC(Cc1ncnn1CC)c1ccsc1. The summed E-state index contributed by atoms with van der Waals surface area (Å²) in [6.45, 7) is 6.05. The lowest BCUT2D eigenvalue weighted by Crippen LogP contribution is -2.24. The molecule has 0 aromatic carbocycles. The number of likely N-dealkylation sites (N-methyl/N-ethyl adjacent to an activating group) is 1. The van der Waals surface area contributed by atoms with E-state index in [9.17, 15) is 0 Å². The molecular weight excluding hydrogens is 232 g/mol. The van der Waals surface area contributed by atoms with Gasteiger partial charge in [0.1, 0.15) is 12.2 Å². The van der Waals surface area contributed by atoms with E-state index in [-0.39, 0.29) is 0 Å². The van der Waals surface area contributed by atoms with E-state index in [1.54, 1.807) is 17.7 Å². The van der Waals surface area contributed by atoms with E-state index in [4.69, 9.17) is 0 Å². The fraction of sp³-hybridized carbons (Fsp3) is 0.500. The molecule has 0 saturated carbocycles. The lowest BCUT2D eigenvalue weighted by molar-refractivity contribution is 0.510. The van der Waals surface area contributed by atoms with Gasteiger partial charge in [0, 0.05) is 19.0 Å². The summed E-state index contributed by atoms with van der Waals surface area (Å²) in [6, 6.07) is 2.51. The first kappa shape index (κ1) is 12.3. The van der Waals surface area contributed by atoms with Gasteiger partial charge in [0.15, 0.2) is 0 Å². The second-order valence-electron chi connectivity index (χ2n) is 3.86. The highest BCUT2D eigenvalue weighted by atomic mass is 32.1. The average molecular weight is 250 g/mol. The Balaban J connectivity index is 2.13. The molecule has 5 heteroatoms. The quantitative estimate of drug-likeness (QED) is 0.855. The van der Waals surface area contributed by atoms with Crippen LogP contribution in [0.4, 0.5) is 0 Å². The molecule has 2 aromatic heterocycles. The Bertz CT molecular complexity index is 435. The zero-order chi connectivity index (χ0) is 12.1. The van der Waals surface area contributed by atoms with E-state index >= 15 is 0 Å². The molecule has 4 nitrogen and oxygen atoms in total. The van der Waals surface area contributed by atoms with Crippen LogP contribution in [0, 0.1) is 0 Å². The number of nitrogens with zero attached hydrogens (tertiary/aromatic N) is 3. The maximum absolute atomic E-state index is 4.33. The third kappa shape index (κ3) is 2.92. The van der Waals surface area contributed by atoms with Gasteiger partial charge >= 0.3 is 0 Å². The first-order chi connectivity index (χ1) is 8.35. The summed E-state index contributed by atoms with van der Waals surface area (Å²) in [5.41, 5.74) is 1.34. The highest BCUT2D eigenvalue weighted by molar-refractivity contribution is 7.07. The number of aryl methyl sites for hydroxylation is 1. The van der Waals surface area contributed by atoms with Crippen molar-refractivity contribution < 1.29 is 0 Å². The minimum Gasteiger partial charge on any atom is -0.310 e. The van der Waals surface area contributed by atoms with Gasteiger partial charge in [0.2, 0.25) is 0 Å². The normalized spacial score (nSPS) is 12.8. The van der Waals surface area contributed by atoms with Crippen molar-refractivity contribution in [3.05, 3.63) is 34.5 Å². The zero-order valence-electron chi connectivity index (χ0n) is 10.3. The smallest absolute Gasteiger partial charge is 0.138 e. The van der Waals surface area contributed by atoms with Crippen LogP contribution >= 0.6 is 11.3 Å². The molecule has 2 rings (SSSR count). The Hall–Kier alpha value is -1.20. The van der Waals surface area contributed by atoms with Gasteiger partial charge in [-0.2, -0.15) is 16.4 Å². The maximum Gasteiger partial charge on any atom is 0.138 e. The number of hydrogen-bond donors (Lipinski definition) is 1. The molecule has 0 aliphatic carbocycles. The molecule has 2 aromatic rings. The van der Waals surface area contributed by atoms with Gasteiger partial charge in [0.05, 0.1) is 0 Å². The lowest BCUT2D eigenvalue weighted by Gasteiger charge is -2.16. The van der Waals surface area contributed by atoms with E-state index in [0.717, 1.165) is 25.3 Å². The summed E-state index contributed by atoms with van der Waals surface area (Å²) in [5.74, 6) is 1.05. The Labute approximate surface area is 106 Å². The van der Waals surface area contributed by atoms with Gasteiger partial charge in [0.25, 0.3) is 0 Å². The summed E-state index contributed by atoms with van der Waals surface area (Å²) >= 11 is 1.73. The van der Waals surface area contributed by atoms with Gasteiger partial charge in [-0.15, -0.1) is 0 Å². The van der Waals surface area contributed by atoms with Crippen LogP contribution in [0.25, 0.3) is 0 Å². The fourth-order valence-electron chi connectivity index (χ4n) is 1.92. The summed E-state index contributed by atoms with van der Waals surface area (Å²) in [6.07, 6.45) is 2.52. The second kappa shape index (κ2) is 5.93. The standard InChI is InChI=1S/C12H18N4S/c1-3-13-11(10-5-6-17-8-10)7-12-14-9-15-16(12)4-2/h5-6,8-9,11,13H,3-4,7H2,1-2H3. The summed E-state index contributed by atoms with van der Waals surface area (Å²) in [7, 11) is 0. The van der Waals surface area contributed by atoms with Crippen LogP contribution in [0.3, 0.4) is 0 Å². The molecule has 0 fully saturated rings. The topological polar surface area (TPSA) is 42.7 Å². The van der Waals surface area contributed by atoms with Crippen LogP contribution in [0.2, 0.25) is 0 Å². The third-order valence-electron chi connectivity index (χ3n) is 2.78. The van der Waals surface area contributed by atoms with Crippen molar-refractivity contribution in [3.63, 3.8) is 0 Å². The van der Waals surface area contributed by atoms with Crippen molar-refractivity contribution >= 4 is 11.3 Å². The van der Waals surface area contributed by atoms with Crippen LogP contribution in [0.5, 0.6) is 0 Å². The predicted octanol–water partition coefficient (Wildman–Crippen LogP) is 2.25. The van der Waals surface area contributed by atoms with Crippen molar-refractivity contribution in [2.45, 2.75) is 32.9 Å². The number of nitrogens with one attached hydrogen (secondary N) is 1. The Morgan fingerprint density at radius 1 is 1.47 bits per heavy atom. The van der Waals surface area contributed by atoms with E-state index < -0.39 is 0 Å². The molecule has 92 valence electrons. The van der Waals surface area contributed by atoms with Crippen LogP contribution in [-0.2, 0) is 13.0 Å². The van der Waals surface area contributed by atoms with E-state index in [1.165, 1.54) is 5.56 Å². The minimum absolute atomic E-state index is 0.334. The van der Waals surface area contributed by atoms with E-state index in [2.05, 4.69) is 46.1 Å². The molecule has 0 spiro atoms. The fourth-order valence-corrected chi connectivity index (χ4v) is 2.63. The predicted molar refractivity (Wildman–Crippen MR) is 70.1 cm³/mol. The number of aromatic nitrogens is 3. The van der Waals surface area contributed by atoms with Crippen LogP contribution in [0.1, 0.15) is 31.3 Å². The van der Waals surface area contributed by atoms with Crippen molar-refractivity contribution in [3.8, 4) is 0 Å². The van der Waals surface area contributed by atoms with Crippen LogP contribution in [-0.4, -0.2) is 21.3 Å². The van der Waals surface area contributed by atoms with E-state index in [1.807, 2.05) is 4.68 Å². The van der Waals surface area contributed by atoms with Crippen LogP contribution < -0.4 is 5.32 Å². The molecule has 0 saturated heterocycles. The maximum atomic E-state index is 4.33. The molecule has 0 aliphatic heterocycles. The monoisotopic (exact) mass is 250 g/mol. The highest BCUT2D eigenvalue weighted by Crippen LogP contribution is 2.19. The highest BCUT2D eigenvalue weighted by Gasteiger charge is 2.14. The van der Waals surface area contributed by atoms with Crippen molar-refractivity contribution in [2.24, 2.45) is 0 Å². The molecule has 0 amide bonds. The molecule has 0 radical (unpaired) electrons. The van der Waals surface area contributed by atoms with Crippen molar-refractivity contribution in [1.29, 1.82) is 0 Å².